The molecule has 0 bridgehead atoms. The fourth-order valence-corrected chi connectivity index (χ4v) is 5.47. The molecule has 2 fully saturated rings. The lowest BCUT2D eigenvalue weighted by Crippen LogP contribution is -2.61. The molecule has 15 nitrogen and oxygen atoms in total. The monoisotopic (exact) mass is 598 g/mol. The first kappa shape index (κ1) is 31.5. The fraction of sp³-hybridized carbons (Fsp3) is 0.556. The van der Waals surface area contributed by atoms with E-state index in [0.29, 0.717) is 5.56 Å². The summed E-state index contributed by atoms with van der Waals surface area (Å²) in [6.45, 7) is 0.801. The molecule has 1 aliphatic carbocycles. The summed E-state index contributed by atoms with van der Waals surface area (Å²) in [5.74, 6) is -4.39. The summed E-state index contributed by atoms with van der Waals surface area (Å²) >= 11 is 0. The number of aromatic hydroxyl groups is 1. The average Bonchev–Trinajstić information content (AvgIpc) is 3.20. The van der Waals surface area contributed by atoms with E-state index in [-0.39, 0.29) is 29.2 Å². The number of benzene rings is 1. The molecule has 1 saturated carbocycles. The van der Waals surface area contributed by atoms with E-state index >= 15 is 0 Å². The lowest BCUT2D eigenvalue weighted by molar-refractivity contribution is -0.346. The number of carbonyl (C=O) groups excluding carboxylic acids is 1. The lowest BCUT2D eigenvalue weighted by Gasteiger charge is -2.44. The third-order valence-electron chi connectivity index (χ3n) is 7.61. The summed E-state index contributed by atoms with van der Waals surface area (Å²) in [4.78, 5) is 24.0. The third-order valence-corrected chi connectivity index (χ3v) is 7.61. The first-order valence-electron chi connectivity index (χ1n) is 12.9. The Morgan fingerprint density at radius 2 is 1.69 bits per heavy atom. The molecule has 2 aliphatic heterocycles. The van der Waals surface area contributed by atoms with Gasteiger partial charge in [-0.05, 0) is 30.7 Å². The van der Waals surface area contributed by atoms with Gasteiger partial charge in [-0.25, -0.2) is 9.59 Å². The van der Waals surface area contributed by atoms with Gasteiger partial charge in [-0.2, -0.15) is 0 Å². The Morgan fingerprint density at radius 3 is 2.29 bits per heavy atom. The van der Waals surface area contributed by atoms with Crippen molar-refractivity contribution in [1.82, 2.24) is 0 Å². The van der Waals surface area contributed by atoms with Crippen molar-refractivity contribution in [2.45, 2.75) is 62.0 Å². The Bertz CT molecular complexity index is 1200. The molecule has 15 heteroatoms. The van der Waals surface area contributed by atoms with Gasteiger partial charge in [0.05, 0.1) is 43.7 Å². The molecule has 0 spiro atoms. The second-order valence-corrected chi connectivity index (χ2v) is 10.5. The van der Waals surface area contributed by atoms with Crippen LogP contribution in [0.3, 0.4) is 0 Å². The maximum absolute atomic E-state index is 12.4. The number of phenolic OH excluding ortho intramolecular Hbond substituents is 1. The fourth-order valence-electron chi connectivity index (χ4n) is 5.47. The number of hydrogen-bond acceptors (Lipinski definition) is 14. The van der Waals surface area contributed by atoms with Crippen LogP contribution in [0.2, 0.25) is 0 Å². The first-order valence-corrected chi connectivity index (χ1v) is 12.9. The van der Waals surface area contributed by atoms with Crippen LogP contribution in [0.4, 0.5) is 0 Å². The third kappa shape index (κ3) is 6.17. The highest BCUT2D eigenvalue weighted by Crippen LogP contribution is 2.49. The highest BCUT2D eigenvalue weighted by Gasteiger charge is 2.59. The van der Waals surface area contributed by atoms with Crippen LogP contribution in [-0.2, 0) is 28.5 Å². The van der Waals surface area contributed by atoms with E-state index in [9.17, 15) is 45.3 Å². The van der Waals surface area contributed by atoms with Gasteiger partial charge in [-0.15, -0.1) is 0 Å². The van der Waals surface area contributed by atoms with Gasteiger partial charge in [0.25, 0.3) is 0 Å². The molecule has 232 valence electrons. The SMILES string of the molecule is COc1cc(C=CC(=O)OCC2OC(OC3OC=C(C(=O)O)C4C(O)CC(C)(O)C34)C(O)C(O)C2O)cc(OC)c1O. The summed E-state index contributed by atoms with van der Waals surface area (Å²) < 4.78 is 32.0. The minimum atomic E-state index is -1.81. The van der Waals surface area contributed by atoms with E-state index < -0.39 is 79.1 Å². The van der Waals surface area contributed by atoms with E-state index in [1.807, 2.05) is 0 Å². The highest BCUT2D eigenvalue weighted by atomic mass is 16.8. The summed E-state index contributed by atoms with van der Waals surface area (Å²) in [5, 5.41) is 72.3. The van der Waals surface area contributed by atoms with Crippen LogP contribution in [0.15, 0.2) is 30.0 Å². The van der Waals surface area contributed by atoms with Crippen molar-refractivity contribution in [3.05, 3.63) is 35.6 Å². The Balaban J connectivity index is 1.43. The molecule has 42 heavy (non-hydrogen) atoms. The largest absolute Gasteiger partial charge is 0.502 e. The molecule has 3 aliphatic rings. The number of ether oxygens (including phenoxy) is 6. The van der Waals surface area contributed by atoms with Crippen molar-refractivity contribution in [2.24, 2.45) is 11.8 Å². The van der Waals surface area contributed by atoms with Crippen LogP contribution in [0.1, 0.15) is 18.9 Å². The van der Waals surface area contributed by atoms with Crippen LogP contribution >= 0.6 is 0 Å². The molecule has 1 aromatic carbocycles. The molecule has 7 N–H and O–H groups in total. The van der Waals surface area contributed by atoms with E-state index in [0.717, 1.165) is 12.3 Å². The number of rotatable bonds is 9. The molecule has 10 atom stereocenters. The molecule has 1 aromatic rings. The molecule has 1 saturated heterocycles. The molecule has 0 aromatic heterocycles. The Hall–Kier alpha value is -3.44. The highest BCUT2D eigenvalue weighted by molar-refractivity contribution is 5.88. The number of aliphatic hydroxyl groups excluding tert-OH is 4. The second-order valence-electron chi connectivity index (χ2n) is 10.5. The number of aliphatic carboxylic acids is 1. The molecule has 0 radical (unpaired) electrons. The molecule has 10 unspecified atom stereocenters. The Morgan fingerprint density at radius 1 is 1.05 bits per heavy atom. The van der Waals surface area contributed by atoms with Crippen molar-refractivity contribution in [2.75, 3.05) is 20.8 Å². The quantitative estimate of drug-likeness (QED) is 0.132. The number of hydrogen-bond donors (Lipinski definition) is 7. The van der Waals surface area contributed by atoms with Gasteiger partial charge in [0.1, 0.15) is 31.0 Å². The first-order chi connectivity index (χ1) is 19.8. The van der Waals surface area contributed by atoms with Crippen molar-refractivity contribution >= 4 is 18.0 Å². The van der Waals surface area contributed by atoms with E-state index in [1.165, 1.54) is 39.4 Å². The number of carboxylic acids is 1. The lowest BCUT2D eigenvalue weighted by atomic mass is 9.81. The summed E-state index contributed by atoms with van der Waals surface area (Å²) in [5.41, 5.74) is -1.47. The normalized spacial score (nSPS) is 36.1. The van der Waals surface area contributed by atoms with Gasteiger partial charge in [0.15, 0.2) is 17.8 Å². The van der Waals surface area contributed by atoms with Crippen molar-refractivity contribution < 1.29 is 73.8 Å². The molecular formula is C27H34O15. The van der Waals surface area contributed by atoms with Crippen LogP contribution in [0.5, 0.6) is 17.2 Å². The molecule has 0 amide bonds. The number of phenols is 1. The standard InChI is InChI=1S/C27H34O15/c1-27(36)8-13(28)18-12(24(34)35)9-40-25(19(18)27)42-26-23(33)22(32)21(31)16(41-26)10-39-17(29)5-4-11-6-14(37-2)20(30)15(7-11)38-3/h4-7,9,13,16,18-19,21-23,25-26,28,30-33,36H,8,10H2,1-3H3,(H,34,35). The van der Waals surface area contributed by atoms with Crippen LogP contribution in [0, 0.1) is 11.8 Å². The van der Waals surface area contributed by atoms with E-state index in [4.69, 9.17) is 28.4 Å². The molecule has 4 rings (SSSR count). The van der Waals surface area contributed by atoms with Crippen LogP contribution in [0.25, 0.3) is 6.08 Å². The number of aliphatic hydroxyl groups is 5. The zero-order valence-corrected chi connectivity index (χ0v) is 22.9. The zero-order valence-electron chi connectivity index (χ0n) is 22.9. The minimum Gasteiger partial charge on any atom is -0.502 e. The maximum atomic E-state index is 12.4. The predicted molar refractivity (Wildman–Crippen MR) is 138 cm³/mol. The minimum absolute atomic E-state index is 0.108. The van der Waals surface area contributed by atoms with Crippen molar-refractivity contribution in [3.8, 4) is 17.2 Å². The summed E-state index contributed by atoms with van der Waals surface area (Å²) in [7, 11) is 2.69. The smallest absolute Gasteiger partial charge is 0.335 e. The predicted octanol–water partition coefficient (Wildman–Crippen LogP) is -1.14. The number of carboxylic acid groups (broad SMARTS) is 1. The maximum Gasteiger partial charge on any atom is 0.335 e. The van der Waals surface area contributed by atoms with E-state index in [1.54, 1.807) is 0 Å². The average molecular weight is 599 g/mol. The number of methoxy groups -OCH3 is 2. The second kappa shape index (κ2) is 12.4. The van der Waals surface area contributed by atoms with Crippen LogP contribution < -0.4 is 9.47 Å². The number of fused-ring (bicyclic) bond motifs is 1. The molecule has 2 heterocycles. The van der Waals surface area contributed by atoms with Gasteiger partial charge in [-0.1, -0.05) is 0 Å². The summed E-state index contributed by atoms with van der Waals surface area (Å²) in [6.07, 6.45) is -7.90. The Labute approximate surface area is 239 Å². The van der Waals surface area contributed by atoms with Crippen LogP contribution in [-0.4, -0.2) is 117 Å². The number of carbonyl (C=O) groups is 2. The van der Waals surface area contributed by atoms with Gasteiger partial charge in [-0.3, -0.25) is 0 Å². The zero-order chi connectivity index (χ0) is 30.9. The summed E-state index contributed by atoms with van der Waals surface area (Å²) in [6, 6.07) is 2.89. The van der Waals surface area contributed by atoms with E-state index in [2.05, 4.69) is 0 Å². The van der Waals surface area contributed by atoms with Gasteiger partial charge >= 0.3 is 11.9 Å². The molecular weight excluding hydrogens is 564 g/mol. The van der Waals surface area contributed by atoms with Crippen molar-refractivity contribution in [1.29, 1.82) is 0 Å². The Kier molecular flexibility index (Phi) is 9.32. The topological polar surface area (TPSA) is 231 Å². The van der Waals surface area contributed by atoms with Gasteiger partial charge < -0.3 is 64.2 Å². The number of esters is 1. The van der Waals surface area contributed by atoms with Gasteiger partial charge in [0.2, 0.25) is 12.0 Å². The van der Waals surface area contributed by atoms with Gasteiger partial charge in [0, 0.05) is 18.4 Å². The van der Waals surface area contributed by atoms with Crippen molar-refractivity contribution in [3.63, 3.8) is 0 Å².